The standard InChI is InChI=1S/C51H34N4/c1-5-18-36(19-6-1)46-47(37-20-7-2-8-21-37)53-49-44(29-16-30-45(49)52-46)41-27-15-28-43(34-41)55-50(39-24-11-4-12-25-39)48(38-22-9-3-10-23-38)54-51(55)42-32-31-35-17-13-14-26-40(35)33-42/h1-34H. The van der Waals surface area contributed by atoms with Gasteiger partial charge in [0.1, 0.15) is 5.82 Å². The number of hydrogen-bond donors (Lipinski definition) is 0. The van der Waals surface area contributed by atoms with Crippen LogP contribution in [0.15, 0.2) is 206 Å². The van der Waals surface area contributed by atoms with Crippen molar-refractivity contribution in [3.8, 4) is 73.2 Å². The maximum Gasteiger partial charge on any atom is 0.145 e. The Kier molecular flexibility index (Phi) is 8.12. The van der Waals surface area contributed by atoms with Gasteiger partial charge in [0.15, 0.2) is 0 Å². The molecule has 10 rings (SSSR count). The molecular weight excluding hydrogens is 669 g/mol. The molecule has 8 aromatic carbocycles. The van der Waals surface area contributed by atoms with Crippen molar-refractivity contribution in [1.82, 2.24) is 19.5 Å². The molecule has 0 saturated heterocycles. The van der Waals surface area contributed by atoms with Gasteiger partial charge < -0.3 is 0 Å². The molecule has 0 fully saturated rings. The van der Waals surface area contributed by atoms with Crippen molar-refractivity contribution in [2.24, 2.45) is 0 Å². The molecular formula is C51H34N4. The summed E-state index contributed by atoms with van der Waals surface area (Å²) < 4.78 is 2.32. The maximum atomic E-state index is 5.49. The molecule has 0 saturated carbocycles. The fourth-order valence-electron chi connectivity index (χ4n) is 7.57. The first kappa shape index (κ1) is 32.2. The predicted molar refractivity (Wildman–Crippen MR) is 227 cm³/mol. The summed E-state index contributed by atoms with van der Waals surface area (Å²) >= 11 is 0. The lowest BCUT2D eigenvalue weighted by atomic mass is 10.00. The molecule has 0 aliphatic carbocycles. The van der Waals surface area contributed by atoms with Crippen LogP contribution in [0, 0.1) is 0 Å². The zero-order valence-corrected chi connectivity index (χ0v) is 29.9. The molecule has 10 aromatic rings. The Labute approximate surface area is 319 Å². The largest absolute Gasteiger partial charge is 0.292 e. The van der Waals surface area contributed by atoms with E-state index in [0.717, 1.165) is 84.3 Å². The fourth-order valence-corrected chi connectivity index (χ4v) is 7.57. The fraction of sp³-hybridized carbons (Fsp3) is 0. The highest BCUT2D eigenvalue weighted by atomic mass is 15.1. The number of nitrogens with zero attached hydrogens (tertiary/aromatic N) is 4. The monoisotopic (exact) mass is 702 g/mol. The second-order valence-corrected chi connectivity index (χ2v) is 13.6. The van der Waals surface area contributed by atoms with Crippen molar-refractivity contribution < 1.29 is 0 Å². The van der Waals surface area contributed by atoms with Crippen molar-refractivity contribution in [2.75, 3.05) is 0 Å². The summed E-state index contributed by atoms with van der Waals surface area (Å²) in [5, 5.41) is 2.37. The van der Waals surface area contributed by atoms with Crippen LogP contribution in [0.5, 0.6) is 0 Å². The van der Waals surface area contributed by atoms with Crippen molar-refractivity contribution in [1.29, 1.82) is 0 Å². The Balaban J connectivity index is 1.22. The van der Waals surface area contributed by atoms with Crippen LogP contribution in [0.3, 0.4) is 0 Å². The second-order valence-electron chi connectivity index (χ2n) is 13.6. The minimum absolute atomic E-state index is 0.845. The summed E-state index contributed by atoms with van der Waals surface area (Å²) in [6.07, 6.45) is 0. The maximum absolute atomic E-state index is 5.49. The highest BCUT2D eigenvalue weighted by Crippen LogP contribution is 2.41. The average Bonchev–Trinajstić information content (AvgIpc) is 3.68. The molecule has 4 nitrogen and oxygen atoms in total. The number of hydrogen-bond acceptors (Lipinski definition) is 3. The topological polar surface area (TPSA) is 43.6 Å². The Hall–Kier alpha value is -7.43. The van der Waals surface area contributed by atoms with Crippen LogP contribution in [0.25, 0.3) is 95.0 Å². The van der Waals surface area contributed by atoms with E-state index >= 15 is 0 Å². The lowest BCUT2D eigenvalue weighted by molar-refractivity contribution is 1.07. The molecule has 0 atom stereocenters. The van der Waals surface area contributed by atoms with E-state index in [1.807, 2.05) is 24.3 Å². The van der Waals surface area contributed by atoms with Gasteiger partial charge in [0.2, 0.25) is 0 Å². The summed E-state index contributed by atoms with van der Waals surface area (Å²) in [6, 6.07) is 71.9. The van der Waals surface area contributed by atoms with E-state index in [-0.39, 0.29) is 0 Å². The molecule has 0 spiro atoms. The van der Waals surface area contributed by atoms with E-state index < -0.39 is 0 Å². The Morgan fingerprint density at radius 2 is 0.873 bits per heavy atom. The number of fused-ring (bicyclic) bond motifs is 2. The van der Waals surface area contributed by atoms with Crippen LogP contribution in [0.1, 0.15) is 0 Å². The van der Waals surface area contributed by atoms with Crippen molar-refractivity contribution >= 4 is 21.8 Å². The third-order valence-electron chi connectivity index (χ3n) is 10.2. The van der Waals surface area contributed by atoms with E-state index in [2.05, 4.69) is 187 Å². The molecule has 0 unspecified atom stereocenters. The molecule has 0 amide bonds. The molecule has 4 heteroatoms. The highest BCUT2D eigenvalue weighted by molar-refractivity contribution is 5.96. The number of aromatic nitrogens is 4. The quantitative estimate of drug-likeness (QED) is 0.166. The van der Waals surface area contributed by atoms with E-state index in [4.69, 9.17) is 15.0 Å². The molecule has 2 heterocycles. The average molecular weight is 703 g/mol. The molecule has 0 bridgehead atoms. The zero-order chi connectivity index (χ0) is 36.6. The minimum atomic E-state index is 0.845. The van der Waals surface area contributed by atoms with Gasteiger partial charge in [-0.05, 0) is 40.6 Å². The summed E-state index contributed by atoms with van der Waals surface area (Å²) in [4.78, 5) is 16.2. The van der Waals surface area contributed by atoms with Gasteiger partial charge in [0, 0.05) is 39.1 Å². The first-order valence-corrected chi connectivity index (χ1v) is 18.5. The number of imidazole rings is 1. The van der Waals surface area contributed by atoms with Gasteiger partial charge in [-0.2, -0.15) is 0 Å². The normalized spacial score (nSPS) is 11.3. The van der Waals surface area contributed by atoms with Gasteiger partial charge in [-0.1, -0.05) is 182 Å². The van der Waals surface area contributed by atoms with Crippen molar-refractivity contribution in [3.05, 3.63) is 206 Å². The van der Waals surface area contributed by atoms with Gasteiger partial charge in [0.05, 0.1) is 33.8 Å². The van der Waals surface area contributed by atoms with Gasteiger partial charge in [-0.15, -0.1) is 0 Å². The van der Waals surface area contributed by atoms with Crippen LogP contribution >= 0.6 is 0 Å². The van der Waals surface area contributed by atoms with E-state index in [1.54, 1.807) is 0 Å². The summed E-state index contributed by atoms with van der Waals surface area (Å²) in [6.45, 7) is 0. The molecule has 0 aliphatic rings. The predicted octanol–water partition coefficient (Wildman–Crippen LogP) is 13.0. The number of para-hydroxylation sites is 1. The molecule has 0 aliphatic heterocycles. The molecule has 0 N–H and O–H groups in total. The molecule has 55 heavy (non-hydrogen) atoms. The van der Waals surface area contributed by atoms with E-state index in [0.29, 0.717) is 0 Å². The summed E-state index contributed by atoms with van der Waals surface area (Å²) in [5.41, 5.74) is 13.7. The van der Waals surface area contributed by atoms with Gasteiger partial charge >= 0.3 is 0 Å². The number of rotatable bonds is 7. The van der Waals surface area contributed by atoms with Gasteiger partial charge in [-0.25, -0.2) is 15.0 Å². The summed E-state index contributed by atoms with van der Waals surface area (Å²) in [5.74, 6) is 0.872. The lowest BCUT2D eigenvalue weighted by Crippen LogP contribution is -2.01. The second kappa shape index (κ2) is 13.8. The lowest BCUT2D eigenvalue weighted by Gasteiger charge is -2.16. The van der Waals surface area contributed by atoms with E-state index in [9.17, 15) is 0 Å². The molecule has 258 valence electrons. The highest BCUT2D eigenvalue weighted by Gasteiger charge is 2.23. The van der Waals surface area contributed by atoms with Crippen LogP contribution < -0.4 is 0 Å². The van der Waals surface area contributed by atoms with Crippen molar-refractivity contribution in [3.63, 3.8) is 0 Å². The first-order valence-electron chi connectivity index (χ1n) is 18.5. The van der Waals surface area contributed by atoms with Crippen LogP contribution in [-0.2, 0) is 0 Å². The third kappa shape index (κ3) is 5.96. The van der Waals surface area contributed by atoms with Gasteiger partial charge in [-0.3, -0.25) is 4.57 Å². The SMILES string of the molecule is c1ccc(-c2nc3cccc(-c4cccc(-n5c(-c6ccc7ccccc7c6)nc(-c6ccccc6)c5-c5ccccc5)c4)c3nc2-c2ccccc2)cc1. The first-order chi connectivity index (χ1) is 27.3. The molecule has 2 aromatic heterocycles. The minimum Gasteiger partial charge on any atom is -0.292 e. The van der Waals surface area contributed by atoms with Crippen molar-refractivity contribution in [2.45, 2.75) is 0 Å². The zero-order valence-electron chi connectivity index (χ0n) is 29.9. The Morgan fingerprint density at radius 1 is 0.327 bits per heavy atom. The Bertz CT molecular complexity index is 2950. The van der Waals surface area contributed by atoms with Crippen LogP contribution in [0.2, 0.25) is 0 Å². The third-order valence-corrected chi connectivity index (χ3v) is 10.2. The summed E-state index contributed by atoms with van der Waals surface area (Å²) in [7, 11) is 0. The van der Waals surface area contributed by atoms with Crippen LogP contribution in [0.4, 0.5) is 0 Å². The molecule has 0 radical (unpaired) electrons. The Morgan fingerprint density at radius 3 is 1.55 bits per heavy atom. The number of benzene rings is 8. The van der Waals surface area contributed by atoms with Gasteiger partial charge in [0.25, 0.3) is 0 Å². The van der Waals surface area contributed by atoms with Crippen LogP contribution in [-0.4, -0.2) is 19.5 Å². The smallest absolute Gasteiger partial charge is 0.145 e. The van der Waals surface area contributed by atoms with E-state index in [1.165, 1.54) is 10.8 Å².